The lowest BCUT2D eigenvalue weighted by Crippen LogP contribution is -2.08. The van der Waals surface area contributed by atoms with Crippen LogP contribution in [0.15, 0.2) is 65.3 Å². The van der Waals surface area contributed by atoms with E-state index in [1.54, 1.807) is 0 Å². The second-order valence-corrected chi connectivity index (χ2v) is 4.86. The summed E-state index contributed by atoms with van der Waals surface area (Å²) in [7, 11) is 0. The minimum atomic E-state index is -0.786. The Hall–Kier alpha value is -3.48. The van der Waals surface area contributed by atoms with Crippen molar-refractivity contribution in [2.24, 2.45) is 0 Å². The Kier molecular flexibility index (Phi) is 4.33. The van der Waals surface area contributed by atoms with Crippen LogP contribution in [0.3, 0.4) is 0 Å². The average Bonchev–Trinajstić information content (AvgIpc) is 3.09. The van der Waals surface area contributed by atoms with E-state index in [2.05, 4.69) is 4.98 Å². The highest BCUT2D eigenvalue weighted by Crippen LogP contribution is 2.21. The number of nitro benzene ring substituents is 1. The van der Waals surface area contributed by atoms with Gasteiger partial charge in [-0.25, -0.2) is 9.78 Å². The van der Waals surface area contributed by atoms with E-state index in [1.807, 2.05) is 30.3 Å². The highest BCUT2D eigenvalue weighted by atomic mass is 16.6. The van der Waals surface area contributed by atoms with Crippen molar-refractivity contribution in [1.29, 1.82) is 0 Å². The molecule has 7 nitrogen and oxygen atoms in total. The Balaban J connectivity index is 1.70. The maximum absolute atomic E-state index is 12.0. The molecule has 0 aliphatic rings. The standard InChI is InChI=1S/C17H12N2O5/c20-17(14-8-4-5-9-15(14)19(21)22)24-11-13-10-23-16(18-13)12-6-2-1-3-7-12/h1-10H,11H2. The molecule has 0 spiro atoms. The molecule has 0 aliphatic carbocycles. The van der Waals surface area contributed by atoms with Crippen molar-refractivity contribution in [2.45, 2.75) is 6.61 Å². The Morgan fingerprint density at radius 2 is 1.83 bits per heavy atom. The first-order valence-electron chi connectivity index (χ1n) is 7.05. The second kappa shape index (κ2) is 6.74. The zero-order valence-corrected chi connectivity index (χ0v) is 12.4. The van der Waals surface area contributed by atoms with Gasteiger partial charge in [0.2, 0.25) is 5.89 Å². The monoisotopic (exact) mass is 324 g/mol. The first-order valence-corrected chi connectivity index (χ1v) is 7.05. The van der Waals surface area contributed by atoms with Gasteiger partial charge >= 0.3 is 5.97 Å². The van der Waals surface area contributed by atoms with Crippen molar-refractivity contribution < 1.29 is 18.9 Å². The number of hydrogen-bond acceptors (Lipinski definition) is 6. The number of ether oxygens (including phenoxy) is 1. The van der Waals surface area contributed by atoms with Crippen molar-refractivity contribution in [3.05, 3.63) is 82.2 Å². The predicted molar refractivity (Wildman–Crippen MR) is 84.2 cm³/mol. The number of hydrogen-bond donors (Lipinski definition) is 0. The van der Waals surface area contributed by atoms with E-state index in [-0.39, 0.29) is 17.9 Å². The van der Waals surface area contributed by atoms with Gasteiger partial charge in [-0.1, -0.05) is 30.3 Å². The largest absolute Gasteiger partial charge is 0.455 e. The third-order valence-electron chi connectivity index (χ3n) is 3.24. The second-order valence-electron chi connectivity index (χ2n) is 4.86. The average molecular weight is 324 g/mol. The molecule has 1 heterocycles. The fourth-order valence-electron chi connectivity index (χ4n) is 2.11. The van der Waals surface area contributed by atoms with Gasteiger partial charge in [0, 0.05) is 11.6 Å². The molecule has 0 fully saturated rings. The van der Waals surface area contributed by atoms with Crippen LogP contribution in [0.25, 0.3) is 11.5 Å². The van der Waals surface area contributed by atoms with Gasteiger partial charge in [0.15, 0.2) is 0 Å². The molecule has 3 aromatic rings. The first-order chi connectivity index (χ1) is 11.6. The molecule has 3 rings (SSSR count). The van der Waals surface area contributed by atoms with E-state index < -0.39 is 10.9 Å². The Labute approximate surface area is 136 Å². The van der Waals surface area contributed by atoms with Gasteiger partial charge in [0.05, 0.1) is 4.92 Å². The minimum Gasteiger partial charge on any atom is -0.455 e. The lowest BCUT2D eigenvalue weighted by Gasteiger charge is -2.03. The number of aromatic nitrogens is 1. The SMILES string of the molecule is O=C(OCc1coc(-c2ccccc2)n1)c1ccccc1[N+](=O)[O-]. The smallest absolute Gasteiger partial charge is 0.345 e. The molecule has 0 saturated heterocycles. The summed E-state index contributed by atoms with van der Waals surface area (Å²) in [6.07, 6.45) is 1.38. The van der Waals surface area contributed by atoms with E-state index in [1.165, 1.54) is 30.5 Å². The van der Waals surface area contributed by atoms with Crippen LogP contribution in [0.1, 0.15) is 16.1 Å². The lowest BCUT2D eigenvalue weighted by atomic mass is 10.2. The molecular formula is C17H12N2O5. The molecule has 0 bridgehead atoms. The Bertz CT molecular complexity index is 873. The fourth-order valence-corrected chi connectivity index (χ4v) is 2.11. The summed E-state index contributed by atoms with van der Waals surface area (Å²) in [6.45, 7) is -0.138. The van der Waals surface area contributed by atoms with Gasteiger partial charge in [0.25, 0.3) is 5.69 Å². The van der Waals surface area contributed by atoms with Crippen molar-refractivity contribution in [3.8, 4) is 11.5 Å². The number of carbonyl (C=O) groups is 1. The number of esters is 1. The highest BCUT2D eigenvalue weighted by molar-refractivity contribution is 5.93. The van der Waals surface area contributed by atoms with Crippen molar-refractivity contribution in [1.82, 2.24) is 4.98 Å². The van der Waals surface area contributed by atoms with Crippen molar-refractivity contribution in [3.63, 3.8) is 0 Å². The summed E-state index contributed by atoms with van der Waals surface area (Å²) in [5.41, 5.74) is 0.816. The fraction of sp³-hybridized carbons (Fsp3) is 0.0588. The van der Waals surface area contributed by atoms with Gasteiger partial charge in [-0.05, 0) is 18.2 Å². The van der Waals surface area contributed by atoms with Crippen LogP contribution in [0.4, 0.5) is 5.69 Å². The van der Waals surface area contributed by atoms with Gasteiger partial charge in [-0.2, -0.15) is 0 Å². The normalized spacial score (nSPS) is 10.3. The molecule has 0 aliphatic heterocycles. The summed E-state index contributed by atoms with van der Waals surface area (Å²) in [5, 5.41) is 10.9. The molecule has 7 heteroatoms. The topological polar surface area (TPSA) is 95.5 Å². The molecule has 0 unspecified atom stereocenters. The minimum absolute atomic E-state index is 0.103. The molecule has 120 valence electrons. The van der Waals surface area contributed by atoms with Crippen molar-refractivity contribution >= 4 is 11.7 Å². The molecule has 0 saturated carbocycles. The lowest BCUT2D eigenvalue weighted by molar-refractivity contribution is -0.385. The van der Waals surface area contributed by atoms with Crippen LogP contribution < -0.4 is 0 Å². The quantitative estimate of drug-likeness (QED) is 0.404. The van der Waals surface area contributed by atoms with Crippen molar-refractivity contribution in [2.75, 3.05) is 0 Å². The molecule has 0 radical (unpaired) electrons. The molecule has 0 atom stereocenters. The van der Waals surface area contributed by atoms with Gasteiger partial charge in [-0.3, -0.25) is 10.1 Å². The summed E-state index contributed by atoms with van der Waals surface area (Å²) in [6, 6.07) is 14.9. The van der Waals surface area contributed by atoms with Crippen LogP contribution >= 0.6 is 0 Å². The van der Waals surface area contributed by atoms with E-state index in [0.29, 0.717) is 11.6 Å². The molecule has 2 aromatic carbocycles. The number of para-hydroxylation sites is 1. The van der Waals surface area contributed by atoms with Gasteiger partial charge < -0.3 is 9.15 Å². The molecule has 0 amide bonds. The number of carbonyl (C=O) groups excluding carboxylic acids is 1. The van der Waals surface area contributed by atoms with Crippen LogP contribution in [0.2, 0.25) is 0 Å². The van der Waals surface area contributed by atoms with Gasteiger partial charge in [0.1, 0.15) is 24.1 Å². The summed E-state index contributed by atoms with van der Waals surface area (Å²) < 4.78 is 10.4. The van der Waals surface area contributed by atoms with E-state index in [9.17, 15) is 14.9 Å². The van der Waals surface area contributed by atoms with Crippen LogP contribution in [0.5, 0.6) is 0 Å². The zero-order chi connectivity index (χ0) is 16.9. The summed E-state index contributed by atoms with van der Waals surface area (Å²) >= 11 is 0. The zero-order valence-electron chi connectivity index (χ0n) is 12.4. The molecule has 0 N–H and O–H groups in total. The highest BCUT2D eigenvalue weighted by Gasteiger charge is 2.20. The number of oxazole rings is 1. The number of nitro groups is 1. The van der Waals surface area contributed by atoms with E-state index in [0.717, 1.165) is 5.56 Å². The molecular weight excluding hydrogens is 312 g/mol. The molecule has 1 aromatic heterocycles. The number of benzene rings is 2. The van der Waals surface area contributed by atoms with Gasteiger partial charge in [-0.15, -0.1) is 0 Å². The van der Waals surface area contributed by atoms with E-state index >= 15 is 0 Å². The van der Waals surface area contributed by atoms with Crippen LogP contribution in [-0.4, -0.2) is 15.9 Å². The first kappa shape index (κ1) is 15.4. The summed E-state index contributed by atoms with van der Waals surface area (Å²) in [5.74, 6) is -0.376. The maximum atomic E-state index is 12.0. The predicted octanol–water partition coefficient (Wildman–Crippen LogP) is 3.61. The van der Waals surface area contributed by atoms with E-state index in [4.69, 9.17) is 9.15 Å². The molecule has 24 heavy (non-hydrogen) atoms. The number of nitrogens with zero attached hydrogens (tertiary/aromatic N) is 2. The van der Waals surface area contributed by atoms with Crippen LogP contribution in [-0.2, 0) is 11.3 Å². The third kappa shape index (κ3) is 3.30. The Morgan fingerprint density at radius 1 is 1.12 bits per heavy atom. The number of rotatable bonds is 5. The Morgan fingerprint density at radius 3 is 2.58 bits per heavy atom. The van der Waals surface area contributed by atoms with Crippen LogP contribution in [0, 0.1) is 10.1 Å². The summed E-state index contributed by atoms with van der Waals surface area (Å²) in [4.78, 5) is 26.6. The maximum Gasteiger partial charge on any atom is 0.345 e. The third-order valence-corrected chi connectivity index (χ3v) is 3.24.